The van der Waals surface area contributed by atoms with E-state index in [-0.39, 0.29) is 0 Å². The van der Waals surface area contributed by atoms with Gasteiger partial charge < -0.3 is 5.32 Å². The second-order valence-electron chi connectivity index (χ2n) is 7.32. The van der Waals surface area contributed by atoms with Gasteiger partial charge in [-0.05, 0) is 48.3 Å². The minimum absolute atomic E-state index is 0.706. The van der Waals surface area contributed by atoms with Gasteiger partial charge >= 0.3 is 0 Å². The summed E-state index contributed by atoms with van der Waals surface area (Å²) in [6.45, 7) is 11.8. The Labute approximate surface area is 129 Å². The average Bonchev–Trinajstić information content (AvgIpc) is 2.85. The molecule has 3 rings (SSSR count). The molecule has 0 aromatic heterocycles. The van der Waals surface area contributed by atoms with Crippen molar-refractivity contribution in [1.29, 1.82) is 0 Å². The molecule has 4 unspecified atom stereocenters. The number of hydrogen-bond donors (Lipinski definition) is 1. The molecule has 1 aliphatic carbocycles. The zero-order valence-electron chi connectivity index (χ0n) is 13.8. The Morgan fingerprint density at radius 1 is 1.10 bits per heavy atom. The normalized spacial score (nSPS) is 33.1. The second-order valence-corrected chi connectivity index (χ2v) is 7.32. The summed E-state index contributed by atoms with van der Waals surface area (Å²) in [5.41, 5.74) is 3.07. The molecule has 2 heteroatoms. The fraction of sp³-hybridized carbons (Fsp3) is 0.684. The summed E-state index contributed by atoms with van der Waals surface area (Å²) < 4.78 is 0. The highest BCUT2D eigenvalue weighted by Gasteiger charge is 2.35. The largest absolute Gasteiger partial charge is 0.314 e. The standard InChI is InChI=1S/C19H30N2/c1-4-20-19-10-14(2)9-15(3)18(19)13-21-11-16-7-5-6-8-17(16)12-21/h5-8,14-15,18-20H,4,9-13H2,1-3H3. The number of nitrogens with one attached hydrogen (secondary N) is 1. The minimum atomic E-state index is 0.706. The van der Waals surface area contributed by atoms with Crippen LogP contribution < -0.4 is 5.32 Å². The van der Waals surface area contributed by atoms with E-state index >= 15 is 0 Å². The van der Waals surface area contributed by atoms with Gasteiger partial charge in [-0.1, -0.05) is 45.0 Å². The molecule has 0 bridgehead atoms. The van der Waals surface area contributed by atoms with Crippen LogP contribution in [0.3, 0.4) is 0 Å². The van der Waals surface area contributed by atoms with Crippen molar-refractivity contribution < 1.29 is 0 Å². The Hall–Kier alpha value is -0.860. The molecule has 0 saturated heterocycles. The predicted molar refractivity (Wildman–Crippen MR) is 89.1 cm³/mol. The molecule has 1 saturated carbocycles. The van der Waals surface area contributed by atoms with Crippen LogP contribution in [0.4, 0.5) is 0 Å². The van der Waals surface area contributed by atoms with Crippen LogP contribution in [0.1, 0.15) is 44.7 Å². The summed E-state index contributed by atoms with van der Waals surface area (Å²) in [7, 11) is 0. The Bertz CT molecular complexity index is 445. The van der Waals surface area contributed by atoms with Crippen molar-refractivity contribution >= 4 is 0 Å². The maximum atomic E-state index is 3.76. The SMILES string of the molecule is CCNC1CC(C)CC(C)C1CN1Cc2ccccc2C1. The molecule has 2 nitrogen and oxygen atoms in total. The number of nitrogens with zero attached hydrogens (tertiary/aromatic N) is 1. The second kappa shape index (κ2) is 6.50. The topological polar surface area (TPSA) is 15.3 Å². The first-order valence-corrected chi connectivity index (χ1v) is 8.70. The van der Waals surface area contributed by atoms with Gasteiger partial charge in [0.2, 0.25) is 0 Å². The van der Waals surface area contributed by atoms with Crippen LogP contribution in [0.25, 0.3) is 0 Å². The molecule has 1 aliphatic heterocycles. The van der Waals surface area contributed by atoms with Gasteiger partial charge in [-0.2, -0.15) is 0 Å². The van der Waals surface area contributed by atoms with E-state index in [0.29, 0.717) is 6.04 Å². The van der Waals surface area contributed by atoms with E-state index in [0.717, 1.165) is 37.4 Å². The summed E-state index contributed by atoms with van der Waals surface area (Å²) in [4.78, 5) is 2.66. The lowest BCUT2D eigenvalue weighted by Crippen LogP contribution is -2.48. The fourth-order valence-electron chi connectivity index (χ4n) is 4.55. The molecule has 1 aromatic carbocycles. The highest BCUT2D eigenvalue weighted by molar-refractivity contribution is 5.30. The third-order valence-corrected chi connectivity index (χ3v) is 5.52. The molecule has 0 radical (unpaired) electrons. The monoisotopic (exact) mass is 286 g/mol. The van der Waals surface area contributed by atoms with Crippen molar-refractivity contribution in [3.8, 4) is 0 Å². The molecule has 0 amide bonds. The van der Waals surface area contributed by atoms with Crippen molar-refractivity contribution in [3.63, 3.8) is 0 Å². The number of rotatable bonds is 4. The van der Waals surface area contributed by atoms with Crippen LogP contribution in [0.15, 0.2) is 24.3 Å². The van der Waals surface area contributed by atoms with Crippen molar-refractivity contribution in [2.75, 3.05) is 13.1 Å². The molecular weight excluding hydrogens is 256 g/mol. The van der Waals surface area contributed by atoms with Crippen LogP contribution >= 0.6 is 0 Å². The molecular formula is C19H30N2. The summed E-state index contributed by atoms with van der Waals surface area (Å²) in [5, 5.41) is 3.76. The lowest BCUT2D eigenvalue weighted by Gasteiger charge is -2.41. The summed E-state index contributed by atoms with van der Waals surface area (Å²) >= 11 is 0. The smallest absolute Gasteiger partial charge is 0.0240 e. The first kappa shape index (κ1) is 15.1. The highest BCUT2D eigenvalue weighted by atomic mass is 15.1. The molecule has 116 valence electrons. The van der Waals surface area contributed by atoms with Crippen LogP contribution in [0.2, 0.25) is 0 Å². The van der Waals surface area contributed by atoms with E-state index in [1.165, 1.54) is 30.5 Å². The van der Waals surface area contributed by atoms with E-state index in [4.69, 9.17) is 0 Å². The quantitative estimate of drug-likeness (QED) is 0.908. The molecule has 1 heterocycles. The number of benzene rings is 1. The van der Waals surface area contributed by atoms with Gasteiger partial charge in [-0.15, -0.1) is 0 Å². The van der Waals surface area contributed by atoms with Gasteiger partial charge in [0.15, 0.2) is 0 Å². The predicted octanol–water partition coefficient (Wildman–Crippen LogP) is 3.66. The summed E-state index contributed by atoms with van der Waals surface area (Å²) in [6, 6.07) is 9.65. The number of hydrogen-bond acceptors (Lipinski definition) is 2. The Kier molecular flexibility index (Phi) is 4.66. The van der Waals surface area contributed by atoms with E-state index in [9.17, 15) is 0 Å². The lowest BCUT2D eigenvalue weighted by molar-refractivity contribution is 0.101. The Balaban J connectivity index is 1.66. The third kappa shape index (κ3) is 3.32. The fourth-order valence-corrected chi connectivity index (χ4v) is 4.55. The van der Waals surface area contributed by atoms with Crippen LogP contribution in [-0.4, -0.2) is 24.0 Å². The molecule has 1 fully saturated rings. The summed E-state index contributed by atoms with van der Waals surface area (Å²) in [5.74, 6) is 2.51. The zero-order chi connectivity index (χ0) is 14.8. The maximum absolute atomic E-state index is 3.76. The number of fused-ring (bicyclic) bond motifs is 1. The molecule has 4 atom stereocenters. The molecule has 1 aromatic rings. The highest BCUT2D eigenvalue weighted by Crippen LogP contribution is 2.35. The van der Waals surface area contributed by atoms with Crippen molar-refractivity contribution in [1.82, 2.24) is 10.2 Å². The summed E-state index contributed by atoms with van der Waals surface area (Å²) in [6.07, 6.45) is 2.75. The first-order valence-electron chi connectivity index (χ1n) is 8.70. The first-order chi connectivity index (χ1) is 10.2. The van der Waals surface area contributed by atoms with Gasteiger partial charge in [0.25, 0.3) is 0 Å². The average molecular weight is 286 g/mol. The van der Waals surface area contributed by atoms with Crippen molar-refractivity contribution in [2.45, 2.75) is 52.7 Å². The van der Waals surface area contributed by atoms with Gasteiger partial charge in [-0.3, -0.25) is 4.90 Å². The lowest BCUT2D eigenvalue weighted by atomic mass is 9.72. The van der Waals surface area contributed by atoms with E-state index in [1.807, 2.05) is 0 Å². The van der Waals surface area contributed by atoms with Crippen molar-refractivity contribution in [3.05, 3.63) is 35.4 Å². The Morgan fingerprint density at radius 3 is 2.38 bits per heavy atom. The zero-order valence-corrected chi connectivity index (χ0v) is 13.8. The minimum Gasteiger partial charge on any atom is -0.314 e. The molecule has 2 aliphatic rings. The van der Waals surface area contributed by atoms with Gasteiger partial charge in [0.1, 0.15) is 0 Å². The van der Waals surface area contributed by atoms with E-state index in [1.54, 1.807) is 0 Å². The van der Waals surface area contributed by atoms with E-state index in [2.05, 4.69) is 55.3 Å². The van der Waals surface area contributed by atoms with E-state index < -0.39 is 0 Å². The molecule has 21 heavy (non-hydrogen) atoms. The maximum Gasteiger partial charge on any atom is 0.0240 e. The van der Waals surface area contributed by atoms with Crippen molar-refractivity contribution in [2.24, 2.45) is 17.8 Å². The van der Waals surface area contributed by atoms with Crippen LogP contribution in [0.5, 0.6) is 0 Å². The molecule has 0 spiro atoms. The Morgan fingerprint density at radius 2 is 1.76 bits per heavy atom. The van der Waals surface area contributed by atoms with Gasteiger partial charge in [-0.25, -0.2) is 0 Å². The van der Waals surface area contributed by atoms with Gasteiger partial charge in [0, 0.05) is 25.7 Å². The van der Waals surface area contributed by atoms with Gasteiger partial charge in [0.05, 0.1) is 0 Å². The van der Waals surface area contributed by atoms with Crippen LogP contribution in [-0.2, 0) is 13.1 Å². The van der Waals surface area contributed by atoms with Crippen LogP contribution in [0, 0.1) is 17.8 Å². The third-order valence-electron chi connectivity index (χ3n) is 5.52. The molecule has 1 N–H and O–H groups in total.